The highest BCUT2D eigenvalue weighted by Crippen LogP contribution is 2.37. The van der Waals surface area contributed by atoms with Gasteiger partial charge in [0.1, 0.15) is 0 Å². The lowest BCUT2D eigenvalue weighted by atomic mass is 10.1. The van der Waals surface area contributed by atoms with Crippen LogP contribution in [0.3, 0.4) is 0 Å². The summed E-state index contributed by atoms with van der Waals surface area (Å²) >= 11 is 9.55. The van der Waals surface area contributed by atoms with Gasteiger partial charge in [0.25, 0.3) is 11.8 Å². The van der Waals surface area contributed by atoms with E-state index in [0.717, 1.165) is 22.3 Å². The van der Waals surface area contributed by atoms with E-state index in [4.69, 9.17) is 17.0 Å². The van der Waals surface area contributed by atoms with E-state index >= 15 is 0 Å². The smallest absolute Gasteiger partial charge is 0.285 e. The molecule has 1 aliphatic heterocycles. The molecule has 0 unspecified atom stereocenters. The minimum absolute atomic E-state index is 0.0300. The van der Waals surface area contributed by atoms with Crippen molar-refractivity contribution in [2.75, 3.05) is 7.11 Å². The van der Waals surface area contributed by atoms with E-state index < -0.39 is 11.8 Å². The number of hydrazine groups is 1. The van der Waals surface area contributed by atoms with E-state index in [1.807, 2.05) is 19.1 Å². The molecule has 0 aliphatic carbocycles. The third-order valence-electron chi connectivity index (χ3n) is 3.89. The minimum Gasteiger partial charge on any atom is -0.503 e. The maximum Gasteiger partial charge on any atom is 0.285 e. The fourth-order valence-corrected chi connectivity index (χ4v) is 4.06. The van der Waals surface area contributed by atoms with Gasteiger partial charge < -0.3 is 9.84 Å². The van der Waals surface area contributed by atoms with Crippen LogP contribution >= 0.6 is 39.9 Å². The van der Waals surface area contributed by atoms with Gasteiger partial charge in [-0.2, -0.15) is 5.01 Å². The number of ether oxygens (including phenoxy) is 1. The summed E-state index contributed by atoms with van der Waals surface area (Å²) in [5.41, 5.74) is 4.63. The molecule has 2 amide bonds. The molecule has 6 nitrogen and oxygen atoms in total. The van der Waals surface area contributed by atoms with E-state index in [1.165, 1.54) is 7.11 Å². The summed E-state index contributed by atoms with van der Waals surface area (Å²) in [4.78, 5) is 25.4. The summed E-state index contributed by atoms with van der Waals surface area (Å²) in [6.07, 6.45) is 1.62. The molecule has 3 rings (SSSR count). The number of nitrogens with zero attached hydrogens (tertiary/aromatic N) is 1. The summed E-state index contributed by atoms with van der Waals surface area (Å²) in [5, 5.41) is 11.0. The van der Waals surface area contributed by atoms with Crippen molar-refractivity contribution in [2.24, 2.45) is 0 Å². The topological polar surface area (TPSA) is 78.9 Å². The van der Waals surface area contributed by atoms with Crippen molar-refractivity contribution in [3.63, 3.8) is 0 Å². The highest BCUT2D eigenvalue weighted by atomic mass is 79.9. The van der Waals surface area contributed by atoms with E-state index in [2.05, 4.69) is 21.4 Å². The van der Waals surface area contributed by atoms with Gasteiger partial charge in [0.2, 0.25) is 0 Å². The molecule has 1 heterocycles. The molecule has 0 aromatic heterocycles. The van der Waals surface area contributed by atoms with Gasteiger partial charge in [-0.3, -0.25) is 15.0 Å². The van der Waals surface area contributed by atoms with Crippen molar-refractivity contribution in [3.05, 3.63) is 62.5 Å². The Balaban J connectivity index is 1.81. The standard InChI is InChI=1S/C19H15BrN2O4S2/c1-10-3-5-12(6-4-10)17(24)21-22-18(25)15(28-19(22)27)9-11-7-13(20)16(23)14(8-11)26-2/h3-9,23H,1-2H3,(H,21,24)/b15-9+. The Morgan fingerprint density at radius 3 is 2.64 bits per heavy atom. The SMILES string of the molecule is COc1cc(/C=C2/SC(=S)N(NC(=O)c3ccc(C)cc3)C2=O)cc(Br)c1O. The molecule has 9 heteroatoms. The molecule has 2 aromatic rings. The number of halogens is 1. The van der Waals surface area contributed by atoms with Crippen molar-refractivity contribution >= 4 is 62.1 Å². The minimum atomic E-state index is -0.432. The Hall–Kier alpha value is -2.36. The average Bonchev–Trinajstić information content (AvgIpc) is 2.92. The van der Waals surface area contributed by atoms with Gasteiger partial charge in [0, 0.05) is 5.56 Å². The van der Waals surface area contributed by atoms with Crippen LogP contribution in [-0.4, -0.2) is 33.4 Å². The molecule has 28 heavy (non-hydrogen) atoms. The van der Waals surface area contributed by atoms with Gasteiger partial charge in [0.05, 0.1) is 16.5 Å². The van der Waals surface area contributed by atoms with Crippen LogP contribution in [0.15, 0.2) is 45.8 Å². The zero-order valence-electron chi connectivity index (χ0n) is 14.9. The largest absolute Gasteiger partial charge is 0.503 e. The molecule has 1 saturated heterocycles. The molecule has 0 bridgehead atoms. The van der Waals surface area contributed by atoms with Gasteiger partial charge in [-0.25, -0.2) is 0 Å². The van der Waals surface area contributed by atoms with Crippen LogP contribution in [0.4, 0.5) is 0 Å². The van der Waals surface area contributed by atoms with Crippen LogP contribution in [0.5, 0.6) is 11.5 Å². The maximum absolute atomic E-state index is 12.7. The number of thiocarbonyl (C=S) groups is 1. The molecule has 2 aromatic carbocycles. The summed E-state index contributed by atoms with van der Waals surface area (Å²) in [6.45, 7) is 1.92. The van der Waals surface area contributed by atoms with Gasteiger partial charge in [-0.05, 0) is 71.0 Å². The second-order valence-electron chi connectivity index (χ2n) is 5.88. The molecular formula is C19H15BrN2O4S2. The van der Waals surface area contributed by atoms with Gasteiger partial charge in [0.15, 0.2) is 15.8 Å². The highest BCUT2D eigenvalue weighted by Gasteiger charge is 2.33. The quantitative estimate of drug-likeness (QED) is 0.510. The number of hydrogen-bond donors (Lipinski definition) is 2. The maximum atomic E-state index is 12.7. The zero-order valence-corrected chi connectivity index (χ0v) is 18.1. The third kappa shape index (κ3) is 4.21. The Kier molecular flexibility index (Phi) is 6.07. The van der Waals surface area contributed by atoms with Crippen LogP contribution in [0.25, 0.3) is 6.08 Å². The summed E-state index contributed by atoms with van der Waals surface area (Å²) < 4.78 is 5.77. The highest BCUT2D eigenvalue weighted by molar-refractivity contribution is 9.10. The number of benzene rings is 2. The van der Waals surface area contributed by atoms with Gasteiger partial charge in [-0.15, -0.1) is 0 Å². The van der Waals surface area contributed by atoms with Crippen LogP contribution < -0.4 is 10.2 Å². The van der Waals surface area contributed by atoms with Crippen LogP contribution in [-0.2, 0) is 4.79 Å². The number of amides is 2. The lowest BCUT2D eigenvalue weighted by Gasteiger charge is -2.15. The number of phenols is 1. The number of carbonyl (C=O) groups is 2. The predicted molar refractivity (Wildman–Crippen MR) is 116 cm³/mol. The first-order valence-corrected chi connectivity index (χ1v) is 10.0. The molecule has 0 radical (unpaired) electrons. The van der Waals surface area contributed by atoms with Crippen LogP contribution in [0, 0.1) is 6.92 Å². The fraction of sp³-hybridized carbons (Fsp3) is 0.105. The second-order valence-corrected chi connectivity index (χ2v) is 8.41. The number of hydrogen-bond acceptors (Lipinski definition) is 6. The Morgan fingerprint density at radius 1 is 1.32 bits per heavy atom. The van der Waals surface area contributed by atoms with Crippen LogP contribution in [0.2, 0.25) is 0 Å². The Labute approximate surface area is 179 Å². The summed E-state index contributed by atoms with van der Waals surface area (Å²) in [7, 11) is 1.44. The number of rotatable bonds is 4. The lowest BCUT2D eigenvalue weighted by Crippen LogP contribution is -2.44. The first-order chi connectivity index (χ1) is 13.3. The van der Waals surface area contributed by atoms with Crippen LogP contribution in [0.1, 0.15) is 21.5 Å². The van der Waals surface area contributed by atoms with Gasteiger partial charge >= 0.3 is 0 Å². The second kappa shape index (κ2) is 8.34. The Morgan fingerprint density at radius 2 is 2.00 bits per heavy atom. The number of carbonyl (C=O) groups excluding carboxylic acids is 2. The van der Waals surface area contributed by atoms with E-state index in [0.29, 0.717) is 20.5 Å². The monoisotopic (exact) mass is 478 g/mol. The predicted octanol–water partition coefficient (Wildman–Crippen LogP) is 4.02. The van der Waals surface area contributed by atoms with E-state index in [9.17, 15) is 14.7 Å². The van der Waals surface area contributed by atoms with Crippen molar-refractivity contribution in [3.8, 4) is 11.5 Å². The summed E-state index contributed by atoms with van der Waals surface area (Å²) in [6, 6.07) is 10.2. The number of nitrogens with one attached hydrogen (secondary N) is 1. The molecule has 2 N–H and O–H groups in total. The van der Waals surface area contributed by atoms with E-state index in [1.54, 1.807) is 30.3 Å². The van der Waals surface area contributed by atoms with Gasteiger partial charge in [-0.1, -0.05) is 29.5 Å². The Bertz CT molecular complexity index is 1010. The lowest BCUT2D eigenvalue weighted by molar-refractivity contribution is -0.123. The number of phenolic OH excluding ortho intramolecular Hbond substituents is 1. The third-order valence-corrected chi connectivity index (χ3v) is 5.80. The fourth-order valence-electron chi connectivity index (χ4n) is 2.42. The molecule has 0 spiro atoms. The first kappa shape index (κ1) is 20.4. The van der Waals surface area contributed by atoms with Crippen molar-refractivity contribution < 1.29 is 19.4 Å². The summed E-state index contributed by atoms with van der Waals surface area (Å²) in [5.74, 6) is -0.619. The van der Waals surface area contributed by atoms with Crippen molar-refractivity contribution in [2.45, 2.75) is 6.92 Å². The molecule has 1 aliphatic rings. The van der Waals surface area contributed by atoms with Crippen molar-refractivity contribution in [1.82, 2.24) is 10.4 Å². The molecule has 0 saturated carbocycles. The number of methoxy groups -OCH3 is 1. The number of aryl methyl sites for hydroxylation is 1. The number of aromatic hydroxyl groups is 1. The molecular weight excluding hydrogens is 464 g/mol. The zero-order chi connectivity index (χ0) is 20.4. The molecule has 144 valence electrons. The molecule has 0 atom stereocenters. The normalized spacial score (nSPS) is 15.2. The first-order valence-electron chi connectivity index (χ1n) is 8.02. The molecule has 1 fully saturated rings. The average molecular weight is 479 g/mol. The van der Waals surface area contributed by atoms with E-state index in [-0.39, 0.29) is 15.8 Å². The number of thioether (sulfide) groups is 1. The van der Waals surface area contributed by atoms with Crippen molar-refractivity contribution in [1.29, 1.82) is 0 Å².